The molecule has 0 amide bonds. The number of hydrogen-bond donors (Lipinski definition) is 2. The van der Waals surface area contributed by atoms with E-state index in [9.17, 15) is 5.11 Å². The van der Waals surface area contributed by atoms with Gasteiger partial charge in [-0.15, -0.1) is 0 Å². The highest BCUT2D eigenvalue weighted by Gasteiger charge is 2.26. The highest BCUT2D eigenvalue weighted by atomic mass is 16.5. The zero-order valence-corrected chi connectivity index (χ0v) is 9.53. The molecule has 3 N–H and O–H groups in total. The normalized spacial score (nSPS) is 13.7. The van der Waals surface area contributed by atoms with Gasteiger partial charge in [-0.2, -0.15) is 0 Å². The number of benzene rings is 1. The van der Waals surface area contributed by atoms with Crippen LogP contribution in [0, 0.1) is 0 Å². The maximum atomic E-state index is 10.1. The summed E-state index contributed by atoms with van der Waals surface area (Å²) < 4.78 is 5.44. The first kappa shape index (κ1) is 12.0. The lowest BCUT2D eigenvalue weighted by atomic mass is 9.92. The lowest BCUT2D eigenvalue weighted by molar-refractivity contribution is 0.101. The first-order chi connectivity index (χ1) is 6.96. The lowest BCUT2D eigenvalue weighted by Gasteiger charge is -2.27. The van der Waals surface area contributed by atoms with Crippen LogP contribution >= 0.6 is 0 Å². The molecule has 0 radical (unpaired) electrons. The molecule has 1 aromatic rings. The second-order valence-corrected chi connectivity index (χ2v) is 4.19. The topological polar surface area (TPSA) is 55.5 Å². The molecule has 0 aromatic heterocycles. The monoisotopic (exact) mass is 209 g/mol. The fourth-order valence-corrected chi connectivity index (χ4v) is 1.39. The molecule has 0 fully saturated rings. The van der Waals surface area contributed by atoms with Crippen molar-refractivity contribution in [3.05, 3.63) is 29.8 Å². The predicted octanol–water partition coefficient (Wildman–Crippen LogP) is 1.86. The van der Waals surface area contributed by atoms with E-state index in [-0.39, 0.29) is 0 Å². The van der Waals surface area contributed by atoms with Crippen molar-refractivity contribution in [3.63, 3.8) is 0 Å². The number of nitrogens with two attached hydrogens (primary N) is 1. The van der Waals surface area contributed by atoms with E-state index in [0.29, 0.717) is 12.4 Å². The molecule has 84 valence electrons. The number of aliphatic hydroxyl groups excluding tert-OH is 1. The van der Waals surface area contributed by atoms with Gasteiger partial charge >= 0.3 is 0 Å². The van der Waals surface area contributed by atoms with E-state index in [1.165, 1.54) is 0 Å². The maximum Gasteiger partial charge on any atom is 0.125 e. The van der Waals surface area contributed by atoms with E-state index in [4.69, 9.17) is 10.5 Å². The Hall–Kier alpha value is -1.06. The van der Waals surface area contributed by atoms with Gasteiger partial charge in [0.05, 0.1) is 12.7 Å². The summed E-state index contributed by atoms with van der Waals surface area (Å²) in [7, 11) is 0. The van der Waals surface area contributed by atoms with Gasteiger partial charge in [-0.3, -0.25) is 0 Å². The zero-order valence-electron chi connectivity index (χ0n) is 9.53. The van der Waals surface area contributed by atoms with Crippen LogP contribution in [-0.2, 0) is 0 Å². The minimum atomic E-state index is -0.722. The Morgan fingerprint density at radius 3 is 2.53 bits per heavy atom. The first-order valence-electron chi connectivity index (χ1n) is 5.15. The Morgan fingerprint density at radius 1 is 1.40 bits per heavy atom. The molecule has 0 spiro atoms. The minimum Gasteiger partial charge on any atom is -0.493 e. The fourth-order valence-electron chi connectivity index (χ4n) is 1.39. The van der Waals surface area contributed by atoms with E-state index in [1.807, 2.05) is 31.2 Å². The molecular weight excluding hydrogens is 190 g/mol. The molecule has 0 aliphatic heterocycles. The summed E-state index contributed by atoms with van der Waals surface area (Å²) in [6, 6.07) is 7.43. The van der Waals surface area contributed by atoms with Gasteiger partial charge in [0.15, 0.2) is 0 Å². The highest BCUT2D eigenvalue weighted by molar-refractivity contribution is 5.36. The van der Waals surface area contributed by atoms with Crippen molar-refractivity contribution in [3.8, 4) is 5.75 Å². The van der Waals surface area contributed by atoms with Gasteiger partial charge in [0.25, 0.3) is 0 Å². The summed E-state index contributed by atoms with van der Waals surface area (Å²) in [5, 5.41) is 10.1. The number of ether oxygens (including phenoxy) is 1. The molecule has 0 aliphatic carbocycles. The van der Waals surface area contributed by atoms with Crippen LogP contribution in [0.4, 0.5) is 0 Å². The molecule has 3 heteroatoms. The zero-order chi connectivity index (χ0) is 11.5. The second-order valence-electron chi connectivity index (χ2n) is 4.19. The van der Waals surface area contributed by atoms with Crippen molar-refractivity contribution in [2.24, 2.45) is 5.73 Å². The number of aliphatic hydroxyl groups is 1. The number of para-hydroxylation sites is 1. The van der Waals surface area contributed by atoms with Crippen molar-refractivity contribution in [2.75, 3.05) is 6.61 Å². The Morgan fingerprint density at radius 2 is 2.00 bits per heavy atom. The highest BCUT2D eigenvalue weighted by Crippen LogP contribution is 2.30. The Balaban J connectivity index is 3.02. The Bertz CT molecular complexity index is 318. The molecule has 0 saturated heterocycles. The minimum absolute atomic E-state index is 0.578. The molecule has 1 atom stereocenters. The maximum absolute atomic E-state index is 10.1. The Kier molecular flexibility index (Phi) is 3.72. The first-order valence-corrected chi connectivity index (χ1v) is 5.15. The number of hydrogen-bond acceptors (Lipinski definition) is 3. The van der Waals surface area contributed by atoms with Crippen LogP contribution in [0.2, 0.25) is 0 Å². The van der Waals surface area contributed by atoms with Gasteiger partial charge in [-0.1, -0.05) is 18.2 Å². The smallest absolute Gasteiger partial charge is 0.125 e. The van der Waals surface area contributed by atoms with Crippen LogP contribution < -0.4 is 10.5 Å². The van der Waals surface area contributed by atoms with Gasteiger partial charge in [0.2, 0.25) is 0 Å². The van der Waals surface area contributed by atoms with E-state index < -0.39 is 11.6 Å². The molecule has 0 saturated carbocycles. The van der Waals surface area contributed by atoms with E-state index >= 15 is 0 Å². The fraction of sp³-hybridized carbons (Fsp3) is 0.500. The lowest BCUT2D eigenvalue weighted by Crippen LogP contribution is -2.39. The average Bonchev–Trinajstić information content (AvgIpc) is 2.17. The number of rotatable bonds is 4. The van der Waals surface area contributed by atoms with Gasteiger partial charge < -0.3 is 15.6 Å². The summed E-state index contributed by atoms with van der Waals surface area (Å²) in [4.78, 5) is 0. The SMILES string of the molecule is CCOc1ccccc1C(O)C(C)(C)N. The summed E-state index contributed by atoms with van der Waals surface area (Å²) in [6.07, 6.45) is -0.722. The van der Waals surface area contributed by atoms with E-state index in [2.05, 4.69) is 0 Å². The molecular formula is C12H19NO2. The van der Waals surface area contributed by atoms with Gasteiger partial charge in [-0.05, 0) is 26.8 Å². The van der Waals surface area contributed by atoms with Crippen molar-refractivity contribution in [1.29, 1.82) is 0 Å². The molecule has 3 nitrogen and oxygen atoms in total. The molecule has 0 bridgehead atoms. The third-order valence-electron chi connectivity index (χ3n) is 2.22. The predicted molar refractivity (Wildman–Crippen MR) is 60.8 cm³/mol. The molecule has 1 aromatic carbocycles. The Labute approximate surface area is 90.9 Å². The molecule has 1 rings (SSSR count). The van der Waals surface area contributed by atoms with Crippen molar-refractivity contribution >= 4 is 0 Å². The summed E-state index contributed by atoms with van der Waals surface area (Å²) in [6.45, 7) is 6.08. The van der Waals surface area contributed by atoms with E-state index in [1.54, 1.807) is 13.8 Å². The van der Waals surface area contributed by atoms with Crippen LogP contribution in [0.1, 0.15) is 32.4 Å². The van der Waals surface area contributed by atoms with Crippen molar-refractivity contribution in [1.82, 2.24) is 0 Å². The quantitative estimate of drug-likeness (QED) is 0.795. The molecule has 0 aliphatic rings. The van der Waals surface area contributed by atoms with Gasteiger partial charge in [0, 0.05) is 11.1 Å². The molecule has 15 heavy (non-hydrogen) atoms. The summed E-state index contributed by atoms with van der Waals surface area (Å²) >= 11 is 0. The van der Waals surface area contributed by atoms with Crippen LogP contribution in [0.15, 0.2) is 24.3 Å². The summed E-state index contributed by atoms with van der Waals surface area (Å²) in [5.41, 5.74) is 5.94. The van der Waals surface area contributed by atoms with Crippen LogP contribution in [0.25, 0.3) is 0 Å². The van der Waals surface area contributed by atoms with E-state index in [0.717, 1.165) is 5.56 Å². The van der Waals surface area contributed by atoms with Crippen LogP contribution in [0.3, 0.4) is 0 Å². The average molecular weight is 209 g/mol. The third kappa shape index (κ3) is 2.94. The second kappa shape index (κ2) is 4.64. The van der Waals surface area contributed by atoms with Gasteiger partial charge in [-0.25, -0.2) is 0 Å². The van der Waals surface area contributed by atoms with Crippen LogP contribution in [0.5, 0.6) is 5.75 Å². The third-order valence-corrected chi connectivity index (χ3v) is 2.22. The largest absolute Gasteiger partial charge is 0.493 e. The molecule has 0 heterocycles. The van der Waals surface area contributed by atoms with Crippen molar-refractivity contribution < 1.29 is 9.84 Å². The van der Waals surface area contributed by atoms with Crippen LogP contribution in [-0.4, -0.2) is 17.3 Å². The van der Waals surface area contributed by atoms with Gasteiger partial charge in [0.1, 0.15) is 5.75 Å². The summed E-state index contributed by atoms with van der Waals surface area (Å²) in [5.74, 6) is 0.700. The molecule has 1 unspecified atom stereocenters. The standard InChI is InChI=1S/C12H19NO2/c1-4-15-10-8-6-5-7-9(10)11(14)12(2,3)13/h5-8,11,14H,4,13H2,1-3H3. The van der Waals surface area contributed by atoms with Crippen molar-refractivity contribution in [2.45, 2.75) is 32.4 Å².